The number of fused-ring (bicyclic) bond motifs is 2. The Balaban J connectivity index is 1.66. The average molecular weight is 428 g/mol. The van der Waals surface area contributed by atoms with Crippen LogP contribution >= 0.6 is 0 Å². The number of anilines is 2. The van der Waals surface area contributed by atoms with Gasteiger partial charge in [-0.05, 0) is 53.1 Å². The number of nitrogens with zero attached hydrogens (tertiary/aromatic N) is 2. The number of hydrogen-bond donors (Lipinski definition) is 1. The molecule has 0 bridgehead atoms. The number of unbranched alkanes of at least 4 members (excludes halogenated alkanes) is 1. The normalized spacial score (nSPS) is 13.6. The van der Waals surface area contributed by atoms with Crippen molar-refractivity contribution >= 4 is 46.0 Å². The van der Waals surface area contributed by atoms with Gasteiger partial charge in [0.05, 0.1) is 16.9 Å². The molecule has 162 valence electrons. The molecule has 3 aromatic rings. The summed E-state index contributed by atoms with van der Waals surface area (Å²) in [5, 5.41) is 11.6. The summed E-state index contributed by atoms with van der Waals surface area (Å²) < 4.78 is 0. The number of rotatable bonds is 6. The van der Waals surface area contributed by atoms with Gasteiger partial charge in [0.15, 0.2) is 0 Å². The Morgan fingerprint density at radius 3 is 2.53 bits per heavy atom. The van der Waals surface area contributed by atoms with Crippen LogP contribution in [0.1, 0.15) is 35.7 Å². The van der Waals surface area contributed by atoms with Crippen molar-refractivity contribution in [3.8, 4) is 0 Å². The Bertz CT molecular complexity index is 1230. The van der Waals surface area contributed by atoms with Gasteiger partial charge in [-0.2, -0.15) is 0 Å². The van der Waals surface area contributed by atoms with Crippen molar-refractivity contribution in [1.29, 1.82) is 0 Å². The van der Waals surface area contributed by atoms with Gasteiger partial charge in [0.25, 0.3) is 5.91 Å². The van der Waals surface area contributed by atoms with E-state index >= 15 is 0 Å². The van der Waals surface area contributed by atoms with E-state index < -0.39 is 5.97 Å². The molecule has 3 aromatic carbocycles. The molecule has 1 aliphatic heterocycles. The van der Waals surface area contributed by atoms with Crippen molar-refractivity contribution in [3.05, 3.63) is 77.9 Å². The standard InChI is InChI=1S/C26H24N2O4/c1-2-3-14-27-22-12-11-21(26(31)32)16-23(22)28(17-25(27)30)24(29)13-9-18-8-10-19-6-4-5-7-20(19)15-18/h4-13,15-16H,2-3,14,17H2,1H3,(H,31,32)/b13-9+. The highest BCUT2D eigenvalue weighted by molar-refractivity contribution is 6.15. The van der Waals surface area contributed by atoms with Gasteiger partial charge < -0.3 is 10.0 Å². The molecule has 0 radical (unpaired) electrons. The molecule has 1 aliphatic rings. The quantitative estimate of drug-likeness (QED) is 0.576. The van der Waals surface area contributed by atoms with Gasteiger partial charge in [0.1, 0.15) is 6.54 Å². The Morgan fingerprint density at radius 2 is 1.78 bits per heavy atom. The van der Waals surface area contributed by atoms with Crippen molar-refractivity contribution in [3.63, 3.8) is 0 Å². The van der Waals surface area contributed by atoms with Crippen molar-refractivity contribution in [1.82, 2.24) is 0 Å². The number of carbonyl (C=O) groups excluding carboxylic acids is 2. The summed E-state index contributed by atoms with van der Waals surface area (Å²) in [7, 11) is 0. The molecule has 0 fully saturated rings. The zero-order valence-electron chi connectivity index (χ0n) is 17.8. The van der Waals surface area contributed by atoms with Crippen LogP contribution in [0.4, 0.5) is 11.4 Å². The lowest BCUT2D eigenvalue weighted by atomic mass is 10.1. The SMILES string of the molecule is CCCCN1C(=O)CN(C(=O)/C=C/c2ccc3ccccc3c2)c2cc(C(=O)O)ccc21. The maximum Gasteiger partial charge on any atom is 0.335 e. The molecule has 0 aliphatic carbocycles. The molecule has 0 atom stereocenters. The number of carboxylic acid groups (broad SMARTS) is 1. The van der Waals surface area contributed by atoms with Crippen molar-refractivity contribution in [2.45, 2.75) is 19.8 Å². The van der Waals surface area contributed by atoms with Crippen LogP contribution in [0.3, 0.4) is 0 Å². The first-order valence-corrected chi connectivity index (χ1v) is 10.6. The molecule has 6 nitrogen and oxygen atoms in total. The number of amides is 2. The van der Waals surface area contributed by atoms with Crippen molar-refractivity contribution < 1.29 is 19.5 Å². The topological polar surface area (TPSA) is 77.9 Å². The predicted molar refractivity (Wildman–Crippen MR) is 126 cm³/mol. The Hall–Kier alpha value is -3.93. The first-order chi connectivity index (χ1) is 15.5. The van der Waals surface area contributed by atoms with E-state index in [4.69, 9.17) is 0 Å². The molecule has 0 unspecified atom stereocenters. The Labute approximate surface area is 186 Å². The second-order valence-corrected chi connectivity index (χ2v) is 7.77. The lowest BCUT2D eigenvalue weighted by Gasteiger charge is -2.36. The maximum atomic E-state index is 13.1. The lowest BCUT2D eigenvalue weighted by molar-refractivity contribution is -0.120. The number of carboxylic acids is 1. The third kappa shape index (κ3) is 4.25. The molecule has 32 heavy (non-hydrogen) atoms. The molecular formula is C26H24N2O4. The van der Waals surface area contributed by atoms with Gasteiger partial charge in [-0.15, -0.1) is 0 Å². The van der Waals surface area contributed by atoms with Gasteiger partial charge in [0, 0.05) is 12.6 Å². The highest BCUT2D eigenvalue weighted by atomic mass is 16.4. The third-order valence-electron chi connectivity index (χ3n) is 5.59. The minimum Gasteiger partial charge on any atom is -0.478 e. The molecule has 2 amide bonds. The van der Waals surface area contributed by atoms with E-state index in [-0.39, 0.29) is 23.9 Å². The van der Waals surface area contributed by atoms with Crippen LogP contribution in [-0.2, 0) is 9.59 Å². The van der Waals surface area contributed by atoms with E-state index in [1.165, 1.54) is 23.1 Å². The van der Waals surface area contributed by atoms with Gasteiger partial charge >= 0.3 is 5.97 Å². The number of hydrogen-bond acceptors (Lipinski definition) is 3. The highest BCUT2D eigenvalue weighted by Crippen LogP contribution is 2.35. The van der Waals surface area contributed by atoms with E-state index in [1.54, 1.807) is 17.0 Å². The summed E-state index contributed by atoms with van der Waals surface area (Å²) in [5.41, 5.74) is 1.94. The molecule has 1 N–H and O–H groups in total. The Kier molecular flexibility index (Phi) is 6.03. The fraction of sp³-hybridized carbons (Fsp3) is 0.192. The summed E-state index contributed by atoms with van der Waals surface area (Å²) in [6, 6.07) is 18.4. The second kappa shape index (κ2) is 9.06. The molecule has 0 saturated carbocycles. The van der Waals surface area contributed by atoms with E-state index in [0.29, 0.717) is 17.9 Å². The first kappa shape index (κ1) is 21.3. The number of aromatic carboxylic acids is 1. The summed E-state index contributed by atoms with van der Waals surface area (Å²) in [6.07, 6.45) is 4.88. The zero-order chi connectivity index (χ0) is 22.7. The van der Waals surface area contributed by atoms with Crippen LogP contribution in [-0.4, -0.2) is 36.0 Å². The van der Waals surface area contributed by atoms with Crippen LogP contribution in [0.15, 0.2) is 66.7 Å². The zero-order valence-corrected chi connectivity index (χ0v) is 17.8. The van der Waals surface area contributed by atoms with E-state index in [1.807, 2.05) is 49.4 Å². The minimum absolute atomic E-state index is 0.0739. The first-order valence-electron chi connectivity index (χ1n) is 10.6. The molecular weight excluding hydrogens is 404 g/mol. The van der Waals surface area contributed by atoms with E-state index in [9.17, 15) is 19.5 Å². The molecule has 0 saturated heterocycles. The van der Waals surface area contributed by atoms with Crippen LogP contribution in [0.5, 0.6) is 0 Å². The maximum absolute atomic E-state index is 13.1. The second-order valence-electron chi connectivity index (χ2n) is 7.77. The fourth-order valence-corrected chi connectivity index (χ4v) is 3.87. The molecule has 1 heterocycles. The van der Waals surface area contributed by atoms with Crippen LogP contribution in [0, 0.1) is 0 Å². The van der Waals surface area contributed by atoms with Crippen LogP contribution in [0.2, 0.25) is 0 Å². The lowest BCUT2D eigenvalue weighted by Crippen LogP contribution is -2.48. The van der Waals surface area contributed by atoms with Gasteiger partial charge in [0.2, 0.25) is 5.91 Å². The number of benzene rings is 3. The van der Waals surface area contributed by atoms with E-state index in [0.717, 1.165) is 29.2 Å². The van der Waals surface area contributed by atoms with Gasteiger partial charge in [-0.3, -0.25) is 14.5 Å². The van der Waals surface area contributed by atoms with E-state index in [2.05, 4.69) is 0 Å². The van der Waals surface area contributed by atoms with Crippen LogP contribution in [0.25, 0.3) is 16.8 Å². The molecule has 6 heteroatoms. The predicted octanol–water partition coefficient (Wildman–Crippen LogP) is 4.73. The van der Waals surface area contributed by atoms with Crippen molar-refractivity contribution in [2.24, 2.45) is 0 Å². The average Bonchev–Trinajstić information content (AvgIpc) is 2.81. The smallest absolute Gasteiger partial charge is 0.335 e. The molecule has 0 aromatic heterocycles. The minimum atomic E-state index is -1.08. The largest absolute Gasteiger partial charge is 0.478 e. The van der Waals surface area contributed by atoms with Crippen molar-refractivity contribution in [2.75, 3.05) is 22.9 Å². The summed E-state index contributed by atoms with van der Waals surface area (Å²) in [5.74, 6) is -1.63. The summed E-state index contributed by atoms with van der Waals surface area (Å²) in [6.45, 7) is 2.45. The Morgan fingerprint density at radius 1 is 1.00 bits per heavy atom. The highest BCUT2D eigenvalue weighted by Gasteiger charge is 2.32. The number of carbonyl (C=O) groups is 3. The monoisotopic (exact) mass is 428 g/mol. The van der Waals surface area contributed by atoms with Gasteiger partial charge in [-0.25, -0.2) is 4.79 Å². The molecule has 4 rings (SSSR count). The van der Waals surface area contributed by atoms with Crippen LogP contribution < -0.4 is 9.80 Å². The van der Waals surface area contributed by atoms with Gasteiger partial charge in [-0.1, -0.05) is 49.7 Å². The molecule has 0 spiro atoms. The fourth-order valence-electron chi connectivity index (χ4n) is 3.87. The summed E-state index contributed by atoms with van der Waals surface area (Å²) >= 11 is 0. The third-order valence-corrected chi connectivity index (χ3v) is 5.59. The summed E-state index contributed by atoms with van der Waals surface area (Å²) in [4.78, 5) is 40.4.